The van der Waals surface area contributed by atoms with E-state index in [4.69, 9.17) is 4.18 Å². The van der Waals surface area contributed by atoms with Crippen LogP contribution in [0.2, 0.25) is 0 Å². The lowest BCUT2D eigenvalue weighted by Crippen LogP contribution is -2.21. The fourth-order valence-corrected chi connectivity index (χ4v) is 1.67. The summed E-state index contributed by atoms with van der Waals surface area (Å²) in [6.07, 6.45) is 1.83. The summed E-state index contributed by atoms with van der Waals surface area (Å²) in [6, 6.07) is 0. The van der Waals surface area contributed by atoms with Gasteiger partial charge >= 0.3 is 0 Å². The van der Waals surface area contributed by atoms with Crippen LogP contribution in [-0.4, -0.2) is 21.3 Å². The molecule has 13 heavy (non-hydrogen) atoms. The van der Waals surface area contributed by atoms with E-state index in [0.29, 0.717) is 0 Å². The number of rotatable bonds is 5. The van der Waals surface area contributed by atoms with Crippen molar-refractivity contribution in [2.75, 3.05) is 12.9 Å². The maximum atomic E-state index is 10.7. The first-order valence-corrected chi connectivity index (χ1v) is 5.93. The molecule has 0 saturated carbocycles. The Labute approximate surface area is 80.9 Å². The molecule has 0 heterocycles. The SMILES string of the molecule is C=C(C)CC(C)(C)COS(C)(=O)=O. The molecular weight excluding hydrogens is 188 g/mol. The molecule has 0 aliphatic heterocycles. The van der Waals surface area contributed by atoms with Crippen LogP contribution in [0, 0.1) is 5.41 Å². The van der Waals surface area contributed by atoms with E-state index in [-0.39, 0.29) is 12.0 Å². The third-order valence-electron chi connectivity index (χ3n) is 1.44. The second kappa shape index (κ2) is 4.24. The van der Waals surface area contributed by atoms with Crippen molar-refractivity contribution in [1.82, 2.24) is 0 Å². The maximum Gasteiger partial charge on any atom is 0.264 e. The molecule has 0 fully saturated rings. The van der Waals surface area contributed by atoms with Gasteiger partial charge < -0.3 is 0 Å². The topological polar surface area (TPSA) is 43.4 Å². The highest BCUT2D eigenvalue weighted by Crippen LogP contribution is 2.24. The molecule has 0 aromatic carbocycles. The van der Waals surface area contributed by atoms with Crippen molar-refractivity contribution in [3.05, 3.63) is 12.2 Å². The van der Waals surface area contributed by atoms with Crippen LogP contribution in [-0.2, 0) is 14.3 Å². The van der Waals surface area contributed by atoms with Gasteiger partial charge in [-0.05, 0) is 18.8 Å². The Bertz CT molecular complexity index is 275. The summed E-state index contributed by atoms with van der Waals surface area (Å²) in [6.45, 7) is 9.81. The molecule has 0 amide bonds. The van der Waals surface area contributed by atoms with Crippen LogP contribution in [0.5, 0.6) is 0 Å². The van der Waals surface area contributed by atoms with E-state index in [2.05, 4.69) is 6.58 Å². The van der Waals surface area contributed by atoms with Crippen LogP contribution in [0.1, 0.15) is 27.2 Å². The summed E-state index contributed by atoms with van der Waals surface area (Å²) in [7, 11) is -3.32. The lowest BCUT2D eigenvalue weighted by Gasteiger charge is -2.23. The summed E-state index contributed by atoms with van der Waals surface area (Å²) in [4.78, 5) is 0. The van der Waals surface area contributed by atoms with Crippen LogP contribution in [0.4, 0.5) is 0 Å². The van der Waals surface area contributed by atoms with Crippen molar-refractivity contribution in [3.63, 3.8) is 0 Å². The van der Waals surface area contributed by atoms with Crippen LogP contribution < -0.4 is 0 Å². The van der Waals surface area contributed by atoms with E-state index < -0.39 is 10.1 Å². The lowest BCUT2D eigenvalue weighted by atomic mass is 9.88. The third-order valence-corrected chi connectivity index (χ3v) is 1.99. The molecule has 0 N–H and O–H groups in total. The highest BCUT2D eigenvalue weighted by Gasteiger charge is 2.20. The first kappa shape index (κ1) is 12.7. The fraction of sp³-hybridized carbons (Fsp3) is 0.778. The van der Waals surface area contributed by atoms with E-state index in [9.17, 15) is 8.42 Å². The zero-order valence-corrected chi connectivity index (χ0v) is 9.57. The number of hydrogen-bond acceptors (Lipinski definition) is 3. The van der Waals surface area contributed by atoms with Gasteiger partial charge in [-0.15, -0.1) is 6.58 Å². The predicted octanol–water partition coefficient (Wildman–Crippen LogP) is 1.96. The van der Waals surface area contributed by atoms with E-state index in [1.807, 2.05) is 20.8 Å². The normalized spacial score (nSPS) is 12.9. The van der Waals surface area contributed by atoms with Gasteiger partial charge in [-0.1, -0.05) is 19.4 Å². The molecule has 0 saturated heterocycles. The Morgan fingerprint density at radius 3 is 2.23 bits per heavy atom. The van der Waals surface area contributed by atoms with Gasteiger partial charge in [0.25, 0.3) is 10.1 Å². The summed E-state index contributed by atoms with van der Waals surface area (Å²) in [5.74, 6) is 0. The molecule has 3 nitrogen and oxygen atoms in total. The van der Waals surface area contributed by atoms with Crippen molar-refractivity contribution < 1.29 is 12.6 Å². The first-order chi connectivity index (χ1) is 5.62. The van der Waals surface area contributed by atoms with Gasteiger partial charge in [0.05, 0.1) is 12.9 Å². The molecule has 0 aliphatic rings. The van der Waals surface area contributed by atoms with E-state index >= 15 is 0 Å². The van der Waals surface area contributed by atoms with Crippen LogP contribution in [0.25, 0.3) is 0 Å². The van der Waals surface area contributed by atoms with Gasteiger partial charge in [-0.3, -0.25) is 4.18 Å². The van der Waals surface area contributed by atoms with Gasteiger partial charge in [0.1, 0.15) is 0 Å². The Morgan fingerprint density at radius 1 is 1.46 bits per heavy atom. The summed E-state index contributed by atoms with van der Waals surface area (Å²) in [5.41, 5.74) is 0.858. The van der Waals surface area contributed by atoms with E-state index in [1.165, 1.54) is 0 Å². The Morgan fingerprint density at radius 2 is 1.92 bits per heavy atom. The summed E-state index contributed by atoms with van der Waals surface area (Å²) in [5, 5.41) is 0. The van der Waals surface area contributed by atoms with Crippen molar-refractivity contribution >= 4 is 10.1 Å². The standard InChI is InChI=1S/C9H18O3S/c1-8(2)6-9(3,4)7-12-13(5,10)11/h1,6-7H2,2-5H3. The number of allylic oxidation sites excluding steroid dienone is 1. The lowest BCUT2D eigenvalue weighted by molar-refractivity contribution is 0.186. The summed E-state index contributed by atoms with van der Waals surface area (Å²) >= 11 is 0. The molecule has 0 aromatic heterocycles. The molecule has 0 radical (unpaired) electrons. The minimum absolute atomic E-state index is 0.172. The largest absolute Gasteiger partial charge is 0.270 e. The van der Waals surface area contributed by atoms with Gasteiger partial charge in [-0.2, -0.15) is 8.42 Å². The van der Waals surface area contributed by atoms with Gasteiger partial charge in [0.15, 0.2) is 0 Å². The van der Waals surface area contributed by atoms with Gasteiger partial charge in [-0.25, -0.2) is 0 Å². The molecule has 0 spiro atoms. The predicted molar refractivity (Wildman–Crippen MR) is 54.0 cm³/mol. The molecule has 0 unspecified atom stereocenters. The minimum atomic E-state index is -3.32. The molecule has 4 heteroatoms. The second-order valence-electron chi connectivity index (χ2n) is 4.26. The fourth-order valence-electron chi connectivity index (χ4n) is 1.13. The third kappa shape index (κ3) is 7.99. The summed E-state index contributed by atoms with van der Waals surface area (Å²) < 4.78 is 26.2. The Balaban J connectivity index is 4.11. The smallest absolute Gasteiger partial charge is 0.264 e. The highest BCUT2D eigenvalue weighted by atomic mass is 32.2. The first-order valence-electron chi connectivity index (χ1n) is 4.11. The van der Waals surface area contributed by atoms with Crippen LogP contribution in [0.3, 0.4) is 0 Å². The Hall–Kier alpha value is -0.350. The zero-order chi connectivity index (χ0) is 10.7. The molecular formula is C9H18O3S. The van der Waals surface area contributed by atoms with E-state index in [0.717, 1.165) is 18.2 Å². The number of hydrogen-bond donors (Lipinski definition) is 0. The highest BCUT2D eigenvalue weighted by molar-refractivity contribution is 7.85. The average Bonchev–Trinajstić information content (AvgIpc) is 1.79. The van der Waals surface area contributed by atoms with Crippen LogP contribution in [0.15, 0.2) is 12.2 Å². The molecule has 78 valence electrons. The van der Waals surface area contributed by atoms with Crippen molar-refractivity contribution in [1.29, 1.82) is 0 Å². The van der Waals surface area contributed by atoms with Crippen molar-refractivity contribution in [3.8, 4) is 0 Å². The quantitative estimate of drug-likeness (QED) is 0.510. The average molecular weight is 206 g/mol. The molecule has 0 aromatic rings. The molecule has 0 rings (SSSR count). The minimum Gasteiger partial charge on any atom is -0.270 e. The van der Waals surface area contributed by atoms with E-state index in [1.54, 1.807) is 0 Å². The van der Waals surface area contributed by atoms with Crippen LogP contribution >= 0.6 is 0 Å². The van der Waals surface area contributed by atoms with Crippen molar-refractivity contribution in [2.45, 2.75) is 27.2 Å². The van der Waals surface area contributed by atoms with Gasteiger partial charge in [0.2, 0.25) is 0 Å². The maximum absolute atomic E-state index is 10.7. The second-order valence-corrected chi connectivity index (χ2v) is 5.91. The van der Waals surface area contributed by atoms with Gasteiger partial charge in [0, 0.05) is 0 Å². The molecule has 0 aliphatic carbocycles. The molecule has 0 atom stereocenters. The Kier molecular flexibility index (Phi) is 4.13. The monoisotopic (exact) mass is 206 g/mol. The molecule has 0 bridgehead atoms. The zero-order valence-electron chi connectivity index (χ0n) is 8.75. The van der Waals surface area contributed by atoms with Crippen molar-refractivity contribution in [2.24, 2.45) is 5.41 Å².